The van der Waals surface area contributed by atoms with Gasteiger partial charge in [0.25, 0.3) is 11.8 Å². The van der Waals surface area contributed by atoms with Crippen molar-refractivity contribution in [1.29, 1.82) is 0 Å². The third kappa shape index (κ3) is 3.91. The highest BCUT2D eigenvalue weighted by Crippen LogP contribution is 2.30. The number of carbonyl (C=O) groups is 2. The van der Waals surface area contributed by atoms with E-state index < -0.39 is 0 Å². The van der Waals surface area contributed by atoms with Crippen molar-refractivity contribution in [2.24, 2.45) is 0 Å². The van der Waals surface area contributed by atoms with E-state index in [1.807, 2.05) is 37.3 Å². The van der Waals surface area contributed by atoms with Gasteiger partial charge in [0.1, 0.15) is 22.8 Å². The molecule has 7 nitrogen and oxygen atoms in total. The molecule has 0 bridgehead atoms. The lowest BCUT2D eigenvalue weighted by molar-refractivity contribution is 0.0528. The van der Waals surface area contributed by atoms with Crippen LogP contribution in [0.1, 0.15) is 26.4 Å². The van der Waals surface area contributed by atoms with Gasteiger partial charge in [0.2, 0.25) is 0 Å². The van der Waals surface area contributed by atoms with Crippen LogP contribution in [0.3, 0.4) is 0 Å². The Morgan fingerprint density at radius 3 is 2.03 bits per heavy atom. The van der Waals surface area contributed by atoms with Crippen molar-refractivity contribution in [2.45, 2.75) is 6.92 Å². The fraction of sp³-hybridized carbons (Fsp3) is 0.292. The zero-order valence-corrected chi connectivity index (χ0v) is 17.9. The van der Waals surface area contributed by atoms with Gasteiger partial charge in [-0.25, -0.2) is 4.98 Å². The van der Waals surface area contributed by atoms with Crippen molar-refractivity contribution in [3.05, 3.63) is 65.4 Å². The highest BCUT2D eigenvalue weighted by atomic mass is 16.5. The molecule has 1 fully saturated rings. The third-order valence-electron chi connectivity index (χ3n) is 5.64. The zero-order chi connectivity index (χ0) is 22.0. The number of hydrogen-bond donors (Lipinski definition) is 0. The molecule has 0 saturated carbocycles. The van der Waals surface area contributed by atoms with E-state index in [0.29, 0.717) is 48.9 Å². The van der Waals surface area contributed by atoms with Gasteiger partial charge in [0, 0.05) is 31.6 Å². The normalized spacial score (nSPS) is 13.9. The first-order valence-corrected chi connectivity index (χ1v) is 10.2. The Morgan fingerprint density at radius 2 is 1.42 bits per heavy atom. The van der Waals surface area contributed by atoms with Crippen LogP contribution < -0.4 is 9.47 Å². The van der Waals surface area contributed by atoms with Crippen molar-refractivity contribution in [1.82, 2.24) is 14.8 Å². The minimum Gasteiger partial charge on any atom is -0.496 e. The Kier molecular flexibility index (Phi) is 5.75. The van der Waals surface area contributed by atoms with E-state index in [4.69, 9.17) is 9.47 Å². The van der Waals surface area contributed by atoms with E-state index in [0.717, 1.165) is 16.5 Å². The molecule has 0 radical (unpaired) electrons. The Balaban J connectivity index is 1.49. The van der Waals surface area contributed by atoms with Crippen molar-refractivity contribution < 1.29 is 19.1 Å². The largest absolute Gasteiger partial charge is 0.496 e. The van der Waals surface area contributed by atoms with E-state index in [1.165, 1.54) is 14.2 Å². The van der Waals surface area contributed by atoms with Crippen LogP contribution in [0.4, 0.5) is 0 Å². The molecule has 1 aliphatic rings. The summed E-state index contributed by atoms with van der Waals surface area (Å²) in [4.78, 5) is 34.2. The molecule has 0 unspecified atom stereocenters. The summed E-state index contributed by atoms with van der Waals surface area (Å²) in [6.45, 7) is 3.72. The summed E-state index contributed by atoms with van der Waals surface area (Å²) < 4.78 is 10.7. The first kappa shape index (κ1) is 20.7. The number of aromatic nitrogens is 1. The highest BCUT2D eigenvalue weighted by Gasteiger charge is 2.29. The summed E-state index contributed by atoms with van der Waals surface area (Å²) in [5.74, 6) is 0.661. The lowest BCUT2D eigenvalue weighted by Gasteiger charge is -2.35. The first-order valence-electron chi connectivity index (χ1n) is 10.2. The maximum absolute atomic E-state index is 13.1. The fourth-order valence-corrected chi connectivity index (χ4v) is 3.95. The molecule has 0 spiro atoms. The van der Waals surface area contributed by atoms with Gasteiger partial charge in [0.15, 0.2) is 0 Å². The monoisotopic (exact) mass is 419 g/mol. The molecule has 160 valence electrons. The maximum atomic E-state index is 13.1. The molecule has 31 heavy (non-hydrogen) atoms. The summed E-state index contributed by atoms with van der Waals surface area (Å²) in [6.07, 6.45) is 0. The molecule has 1 aromatic heterocycles. The maximum Gasteiger partial charge on any atom is 0.272 e. The quantitative estimate of drug-likeness (QED) is 0.650. The Morgan fingerprint density at radius 1 is 0.839 bits per heavy atom. The molecular weight excluding hydrogens is 394 g/mol. The van der Waals surface area contributed by atoms with Crippen LogP contribution in [0, 0.1) is 6.92 Å². The molecule has 1 aliphatic heterocycles. The number of carbonyl (C=O) groups excluding carboxylic acids is 2. The standard InChI is InChI=1S/C24H25N3O4/c1-16-15-19(25-18-8-5-4-7-17(16)18)23(28)26-11-13-27(14-12-26)24(29)22-20(30-2)9-6-10-21(22)31-3/h4-10,15H,11-14H2,1-3H3. The van der Waals surface area contributed by atoms with Crippen molar-refractivity contribution >= 4 is 22.7 Å². The van der Waals surface area contributed by atoms with Crippen molar-refractivity contribution in [3.8, 4) is 11.5 Å². The number of para-hydroxylation sites is 1. The van der Waals surface area contributed by atoms with Gasteiger partial charge in [-0.3, -0.25) is 9.59 Å². The number of ether oxygens (including phenoxy) is 2. The second-order valence-corrected chi connectivity index (χ2v) is 7.46. The molecule has 0 N–H and O–H groups in total. The lowest BCUT2D eigenvalue weighted by atomic mass is 10.1. The predicted molar refractivity (Wildman–Crippen MR) is 118 cm³/mol. The van der Waals surface area contributed by atoms with Crippen LogP contribution >= 0.6 is 0 Å². The summed E-state index contributed by atoms with van der Waals surface area (Å²) in [6, 6.07) is 14.9. The Bertz CT molecular complexity index is 1110. The topological polar surface area (TPSA) is 72.0 Å². The molecule has 1 saturated heterocycles. The number of piperazine rings is 1. The van der Waals surface area contributed by atoms with Gasteiger partial charge in [-0.05, 0) is 36.8 Å². The van der Waals surface area contributed by atoms with Gasteiger partial charge in [-0.2, -0.15) is 0 Å². The van der Waals surface area contributed by atoms with Crippen molar-refractivity contribution in [3.63, 3.8) is 0 Å². The minimum absolute atomic E-state index is 0.115. The SMILES string of the molecule is COc1cccc(OC)c1C(=O)N1CCN(C(=O)c2cc(C)c3ccccc3n2)CC1. The third-order valence-corrected chi connectivity index (χ3v) is 5.64. The van der Waals surface area contributed by atoms with Gasteiger partial charge in [-0.15, -0.1) is 0 Å². The predicted octanol–water partition coefficient (Wildman–Crippen LogP) is 3.16. The second kappa shape index (κ2) is 8.63. The van der Waals surface area contributed by atoms with Crippen LogP contribution in [-0.4, -0.2) is 67.0 Å². The molecular formula is C24H25N3O4. The zero-order valence-electron chi connectivity index (χ0n) is 17.9. The number of methoxy groups -OCH3 is 2. The molecule has 0 atom stereocenters. The van der Waals surface area contributed by atoms with Crippen LogP contribution in [0.2, 0.25) is 0 Å². The number of fused-ring (bicyclic) bond motifs is 1. The average Bonchev–Trinajstić information content (AvgIpc) is 2.82. The molecule has 3 aromatic rings. The fourth-order valence-electron chi connectivity index (χ4n) is 3.95. The summed E-state index contributed by atoms with van der Waals surface area (Å²) in [5, 5.41) is 1.04. The van der Waals surface area contributed by atoms with Gasteiger partial charge < -0.3 is 19.3 Å². The van der Waals surface area contributed by atoms with Gasteiger partial charge in [0.05, 0.1) is 19.7 Å². The Hall–Kier alpha value is -3.61. The number of aryl methyl sites for hydroxylation is 1. The van der Waals surface area contributed by atoms with E-state index in [-0.39, 0.29) is 11.8 Å². The van der Waals surface area contributed by atoms with E-state index in [1.54, 1.807) is 28.0 Å². The second-order valence-electron chi connectivity index (χ2n) is 7.46. The number of pyridine rings is 1. The average molecular weight is 419 g/mol. The van der Waals surface area contributed by atoms with Crippen molar-refractivity contribution in [2.75, 3.05) is 40.4 Å². The van der Waals surface area contributed by atoms with E-state index in [2.05, 4.69) is 4.98 Å². The number of amides is 2. The number of benzene rings is 2. The summed E-state index contributed by atoms with van der Waals surface area (Å²) in [7, 11) is 3.06. The van der Waals surface area contributed by atoms with Crippen LogP contribution in [0.25, 0.3) is 10.9 Å². The molecule has 2 aromatic carbocycles. The van der Waals surface area contributed by atoms with E-state index in [9.17, 15) is 9.59 Å². The molecule has 2 heterocycles. The molecule has 7 heteroatoms. The van der Waals surface area contributed by atoms with Crippen LogP contribution in [0.5, 0.6) is 11.5 Å². The van der Waals surface area contributed by atoms with Gasteiger partial charge >= 0.3 is 0 Å². The number of rotatable bonds is 4. The Labute approximate surface area is 181 Å². The minimum atomic E-state index is -0.166. The molecule has 4 rings (SSSR count). The van der Waals surface area contributed by atoms with Crippen LogP contribution in [0.15, 0.2) is 48.5 Å². The lowest BCUT2D eigenvalue weighted by Crippen LogP contribution is -2.50. The smallest absolute Gasteiger partial charge is 0.272 e. The summed E-state index contributed by atoms with van der Waals surface area (Å²) >= 11 is 0. The molecule has 0 aliphatic carbocycles. The van der Waals surface area contributed by atoms with E-state index >= 15 is 0 Å². The first-order chi connectivity index (χ1) is 15.0. The van der Waals surface area contributed by atoms with Crippen LogP contribution in [-0.2, 0) is 0 Å². The number of nitrogens with zero attached hydrogens (tertiary/aromatic N) is 3. The summed E-state index contributed by atoms with van der Waals surface area (Å²) in [5.41, 5.74) is 2.66. The number of hydrogen-bond acceptors (Lipinski definition) is 5. The molecule has 2 amide bonds. The highest BCUT2D eigenvalue weighted by molar-refractivity contribution is 6.00. The van der Waals surface area contributed by atoms with Gasteiger partial charge in [-0.1, -0.05) is 24.3 Å².